The molecular weight excluding hydrogens is 347 g/mol. The van der Waals surface area contributed by atoms with Gasteiger partial charge in [-0.2, -0.15) is 0 Å². The van der Waals surface area contributed by atoms with Gasteiger partial charge in [0.2, 0.25) is 0 Å². The average Bonchev–Trinajstić information content (AvgIpc) is 2.60. The molecule has 0 heterocycles. The molecule has 4 nitrogen and oxygen atoms in total. The van der Waals surface area contributed by atoms with Gasteiger partial charge in [0, 0.05) is 18.1 Å². The number of carbonyl (C=O) groups is 1. The Kier molecular flexibility index (Phi) is 6.61. The van der Waals surface area contributed by atoms with Crippen LogP contribution in [0.5, 0.6) is 17.2 Å². The first-order valence-electron chi connectivity index (χ1n) is 8.73. The summed E-state index contributed by atoms with van der Waals surface area (Å²) in [4.78, 5) is 12.7. The maximum atomic E-state index is 14.6. The van der Waals surface area contributed by atoms with Crippen LogP contribution in [0, 0.1) is 6.92 Å². The topological polar surface area (TPSA) is 66.8 Å². The van der Waals surface area contributed by atoms with Crippen molar-refractivity contribution in [1.29, 1.82) is 0 Å². The Balaban J connectivity index is 2.37. The summed E-state index contributed by atoms with van der Waals surface area (Å²) in [7, 11) is 1.33. The van der Waals surface area contributed by atoms with Crippen LogP contribution in [0.2, 0.25) is 0 Å². The molecule has 2 N–H and O–H groups in total. The van der Waals surface area contributed by atoms with Crippen molar-refractivity contribution in [2.45, 2.75) is 39.8 Å². The van der Waals surface area contributed by atoms with Crippen molar-refractivity contribution in [1.82, 2.24) is 0 Å². The van der Waals surface area contributed by atoms with Crippen LogP contribution in [0.15, 0.2) is 42.0 Å². The highest BCUT2D eigenvalue weighted by molar-refractivity contribution is 6.02. The number of aryl methyl sites for hydroxylation is 1. The Labute approximate surface area is 158 Å². The van der Waals surface area contributed by atoms with Gasteiger partial charge in [0.15, 0.2) is 5.78 Å². The summed E-state index contributed by atoms with van der Waals surface area (Å²) < 4.78 is 19.7. The molecule has 2 rings (SSSR count). The number of ketones is 1. The molecule has 0 aliphatic carbocycles. The fourth-order valence-corrected chi connectivity index (χ4v) is 2.77. The average molecular weight is 372 g/mol. The molecule has 0 spiro atoms. The number of phenolic OH excluding ortho intramolecular Hbond substituents is 2. The second-order valence-corrected chi connectivity index (χ2v) is 6.79. The van der Waals surface area contributed by atoms with Gasteiger partial charge in [-0.1, -0.05) is 41.5 Å². The molecule has 0 aliphatic rings. The van der Waals surface area contributed by atoms with Crippen LogP contribution in [0.3, 0.4) is 0 Å². The van der Waals surface area contributed by atoms with Gasteiger partial charge in [0.05, 0.1) is 7.11 Å². The minimum Gasteiger partial charge on any atom is -0.507 e. The molecule has 1 atom stereocenters. The van der Waals surface area contributed by atoms with Crippen molar-refractivity contribution in [3.63, 3.8) is 0 Å². The Morgan fingerprint density at radius 3 is 2.41 bits per heavy atom. The number of methoxy groups -OCH3 is 1. The monoisotopic (exact) mass is 372 g/mol. The third-order valence-corrected chi connectivity index (χ3v) is 4.36. The largest absolute Gasteiger partial charge is 0.507 e. The van der Waals surface area contributed by atoms with Crippen molar-refractivity contribution in [3.05, 3.63) is 64.2 Å². The number of Topliss-reactive ketones (excluding diaryl/α,β-unsaturated/α-hetero) is 1. The van der Waals surface area contributed by atoms with Gasteiger partial charge in [0.25, 0.3) is 0 Å². The SMILES string of the molecule is COc1cc(O)c(CC=C(C)C)c(O)c1C(=O)CC(F)c1ccc(C)cc1. The van der Waals surface area contributed by atoms with Crippen LogP contribution in [0.25, 0.3) is 0 Å². The zero-order chi connectivity index (χ0) is 20.1. The van der Waals surface area contributed by atoms with Crippen LogP contribution in [0.4, 0.5) is 4.39 Å². The summed E-state index contributed by atoms with van der Waals surface area (Å²) in [5.41, 5.74) is 2.50. The van der Waals surface area contributed by atoms with Crippen LogP contribution in [-0.2, 0) is 6.42 Å². The van der Waals surface area contributed by atoms with Crippen molar-refractivity contribution in [3.8, 4) is 17.2 Å². The predicted molar refractivity (Wildman–Crippen MR) is 103 cm³/mol. The third-order valence-electron chi connectivity index (χ3n) is 4.36. The maximum Gasteiger partial charge on any atom is 0.173 e. The van der Waals surface area contributed by atoms with Crippen LogP contribution in [0.1, 0.15) is 53.5 Å². The van der Waals surface area contributed by atoms with E-state index in [1.807, 2.05) is 26.8 Å². The number of benzene rings is 2. The minimum absolute atomic E-state index is 0.0204. The molecule has 0 aromatic heterocycles. The number of halogens is 1. The lowest BCUT2D eigenvalue weighted by Gasteiger charge is -2.16. The zero-order valence-corrected chi connectivity index (χ0v) is 16.0. The summed E-state index contributed by atoms with van der Waals surface area (Å²) in [6.45, 7) is 5.67. The van der Waals surface area contributed by atoms with Gasteiger partial charge < -0.3 is 14.9 Å². The smallest absolute Gasteiger partial charge is 0.173 e. The highest BCUT2D eigenvalue weighted by Crippen LogP contribution is 2.40. The van der Waals surface area contributed by atoms with Gasteiger partial charge in [0.1, 0.15) is 29.0 Å². The summed E-state index contributed by atoms with van der Waals surface area (Å²) in [6.07, 6.45) is 0.137. The molecule has 27 heavy (non-hydrogen) atoms. The molecule has 0 saturated heterocycles. The molecular formula is C22H25FO4. The van der Waals surface area contributed by atoms with Gasteiger partial charge in [-0.25, -0.2) is 4.39 Å². The highest BCUT2D eigenvalue weighted by Gasteiger charge is 2.26. The van der Waals surface area contributed by atoms with Gasteiger partial charge >= 0.3 is 0 Å². The first kappa shape index (κ1) is 20.5. The first-order valence-corrected chi connectivity index (χ1v) is 8.73. The summed E-state index contributed by atoms with van der Waals surface area (Å²) in [5.74, 6) is -1.11. The van der Waals surface area contributed by atoms with Crippen molar-refractivity contribution in [2.75, 3.05) is 7.11 Å². The Hall–Kier alpha value is -2.82. The minimum atomic E-state index is -1.50. The van der Waals surface area contributed by atoms with E-state index in [1.165, 1.54) is 13.2 Å². The van der Waals surface area contributed by atoms with Crippen LogP contribution in [-0.4, -0.2) is 23.1 Å². The number of phenols is 2. The molecule has 2 aromatic carbocycles. The van der Waals surface area contributed by atoms with E-state index in [9.17, 15) is 19.4 Å². The molecule has 144 valence electrons. The number of alkyl halides is 1. The van der Waals surface area contributed by atoms with E-state index in [2.05, 4.69) is 0 Å². The number of rotatable bonds is 7. The number of carbonyl (C=O) groups excluding carboxylic acids is 1. The Bertz CT molecular complexity index is 850. The van der Waals surface area contributed by atoms with E-state index in [4.69, 9.17) is 4.74 Å². The lowest BCUT2D eigenvalue weighted by Crippen LogP contribution is -2.08. The second-order valence-electron chi connectivity index (χ2n) is 6.79. The molecule has 0 saturated carbocycles. The molecule has 0 radical (unpaired) electrons. The number of aromatic hydroxyl groups is 2. The summed E-state index contributed by atoms with van der Waals surface area (Å²) >= 11 is 0. The maximum absolute atomic E-state index is 14.6. The number of allylic oxidation sites excluding steroid dienone is 2. The van der Waals surface area contributed by atoms with E-state index >= 15 is 0 Å². The molecule has 0 fully saturated rings. The fourth-order valence-electron chi connectivity index (χ4n) is 2.77. The highest BCUT2D eigenvalue weighted by atomic mass is 19.1. The van der Waals surface area contributed by atoms with Crippen LogP contribution >= 0.6 is 0 Å². The molecule has 5 heteroatoms. The molecule has 0 bridgehead atoms. The van der Waals surface area contributed by atoms with Gasteiger partial charge in [-0.15, -0.1) is 0 Å². The summed E-state index contributed by atoms with van der Waals surface area (Å²) in [5, 5.41) is 20.7. The predicted octanol–water partition coefficient (Wildman–Crippen LogP) is 5.21. The third kappa shape index (κ3) is 4.88. The van der Waals surface area contributed by atoms with E-state index in [-0.39, 0.29) is 34.8 Å². The fraction of sp³-hybridized carbons (Fsp3) is 0.318. The lowest BCUT2D eigenvalue weighted by molar-refractivity contribution is 0.0941. The molecule has 0 amide bonds. The molecule has 0 aliphatic heterocycles. The first-order chi connectivity index (χ1) is 12.7. The normalized spacial score (nSPS) is 11.7. The Morgan fingerprint density at radius 1 is 1.22 bits per heavy atom. The number of hydrogen-bond acceptors (Lipinski definition) is 4. The van der Waals surface area contributed by atoms with Gasteiger partial charge in [-0.3, -0.25) is 4.79 Å². The number of ether oxygens (including phenoxy) is 1. The Morgan fingerprint density at radius 2 is 1.85 bits per heavy atom. The van der Waals surface area contributed by atoms with E-state index < -0.39 is 18.4 Å². The zero-order valence-electron chi connectivity index (χ0n) is 16.0. The van der Waals surface area contributed by atoms with Crippen molar-refractivity contribution in [2.24, 2.45) is 0 Å². The molecule has 2 aromatic rings. The molecule has 1 unspecified atom stereocenters. The lowest BCUT2D eigenvalue weighted by atomic mass is 9.95. The van der Waals surface area contributed by atoms with Crippen molar-refractivity contribution >= 4 is 5.78 Å². The van der Waals surface area contributed by atoms with Crippen LogP contribution < -0.4 is 4.74 Å². The van der Waals surface area contributed by atoms with E-state index in [0.29, 0.717) is 5.56 Å². The van der Waals surface area contributed by atoms with Gasteiger partial charge in [-0.05, 0) is 32.8 Å². The number of hydrogen-bond donors (Lipinski definition) is 2. The quantitative estimate of drug-likeness (QED) is 0.517. The van der Waals surface area contributed by atoms with E-state index in [0.717, 1.165) is 11.1 Å². The van der Waals surface area contributed by atoms with E-state index in [1.54, 1.807) is 24.3 Å². The second kappa shape index (κ2) is 8.71. The van der Waals surface area contributed by atoms with Crippen molar-refractivity contribution < 1.29 is 24.1 Å². The standard InChI is InChI=1S/C22H25FO4/c1-13(2)5-10-16-18(24)12-20(27-4)21(22(16)26)19(25)11-17(23)15-8-6-14(3)7-9-15/h5-9,12,17,24,26H,10-11H2,1-4H3. The summed E-state index contributed by atoms with van der Waals surface area (Å²) in [6, 6.07) is 8.12.